The van der Waals surface area contributed by atoms with Crippen molar-refractivity contribution < 1.29 is 4.79 Å². The van der Waals surface area contributed by atoms with E-state index < -0.39 is 0 Å². The Morgan fingerprint density at radius 2 is 2.03 bits per heavy atom. The molecule has 3 heterocycles. The van der Waals surface area contributed by atoms with Crippen LogP contribution < -0.4 is 16.2 Å². The van der Waals surface area contributed by atoms with E-state index >= 15 is 0 Å². The van der Waals surface area contributed by atoms with E-state index in [1.807, 2.05) is 31.2 Å². The second-order valence-corrected chi connectivity index (χ2v) is 9.42. The molecule has 30 heavy (non-hydrogen) atoms. The number of hydrogen-bond donors (Lipinski definition) is 2. The van der Waals surface area contributed by atoms with Crippen LogP contribution in [0, 0.1) is 0 Å². The van der Waals surface area contributed by atoms with Crippen LogP contribution >= 0.6 is 34.4 Å². The first-order valence-corrected chi connectivity index (χ1v) is 11.6. The standard InChI is InChI=1S/C18H17N7O2S3/c1-3-14-24-25-15(27)8-13(21-17(25)29-14)9-28-18-23-22-16(30-18)20-12-6-4-5-11(7-12)19-10(2)26/h4-8H,3,9H2,1-2H3,(H,19,26)(H,20,22). The minimum Gasteiger partial charge on any atom is -0.330 e. The molecule has 1 amide bonds. The molecule has 0 aliphatic rings. The Kier molecular flexibility index (Phi) is 6.06. The molecule has 2 N–H and O–H groups in total. The van der Waals surface area contributed by atoms with Gasteiger partial charge in [0.25, 0.3) is 5.56 Å². The van der Waals surface area contributed by atoms with Crippen LogP contribution in [0.3, 0.4) is 0 Å². The van der Waals surface area contributed by atoms with E-state index in [0.717, 1.165) is 21.5 Å². The summed E-state index contributed by atoms with van der Waals surface area (Å²) >= 11 is 4.30. The summed E-state index contributed by atoms with van der Waals surface area (Å²) in [6.07, 6.45) is 0.770. The second-order valence-electron chi connectivity index (χ2n) is 6.18. The van der Waals surface area contributed by atoms with Gasteiger partial charge in [0.2, 0.25) is 16.0 Å². The summed E-state index contributed by atoms with van der Waals surface area (Å²) in [6.45, 7) is 3.46. The minimum absolute atomic E-state index is 0.127. The van der Waals surface area contributed by atoms with Gasteiger partial charge in [0.1, 0.15) is 5.01 Å². The van der Waals surface area contributed by atoms with Crippen LogP contribution in [0.1, 0.15) is 24.5 Å². The van der Waals surface area contributed by atoms with Crippen molar-refractivity contribution in [2.24, 2.45) is 0 Å². The van der Waals surface area contributed by atoms with Crippen molar-refractivity contribution in [3.8, 4) is 0 Å². The lowest BCUT2D eigenvalue weighted by Gasteiger charge is -2.05. The number of aryl methyl sites for hydroxylation is 1. The van der Waals surface area contributed by atoms with Gasteiger partial charge < -0.3 is 10.6 Å². The molecule has 0 bridgehead atoms. The summed E-state index contributed by atoms with van der Waals surface area (Å²) in [5.74, 6) is 0.384. The fraction of sp³-hybridized carbons (Fsp3) is 0.222. The van der Waals surface area contributed by atoms with Crippen molar-refractivity contribution in [2.45, 2.75) is 30.4 Å². The van der Waals surface area contributed by atoms with Crippen LogP contribution in [-0.4, -0.2) is 30.7 Å². The Bertz CT molecular complexity index is 1260. The second kappa shape index (κ2) is 8.90. The van der Waals surface area contributed by atoms with Gasteiger partial charge in [-0.2, -0.15) is 9.61 Å². The molecule has 1 aromatic carbocycles. The number of carbonyl (C=O) groups excluding carboxylic acids is 1. The maximum absolute atomic E-state index is 12.2. The number of fused-ring (bicyclic) bond motifs is 1. The van der Waals surface area contributed by atoms with Gasteiger partial charge in [-0.15, -0.1) is 10.2 Å². The van der Waals surface area contributed by atoms with E-state index in [0.29, 0.717) is 27.2 Å². The first kappa shape index (κ1) is 20.4. The number of thioether (sulfide) groups is 1. The zero-order chi connectivity index (χ0) is 21.1. The van der Waals surface area contributed by atoms with Gasteiger partial charge >= 0.3 is 0 Å². The summed E-state index contributed by atoms with van der Waals surface area (Å²) in [5, 5.41) is 20.0. The number of aromatic nitrogens is 5. The average Bonchev–Trinajstić information content (AvgIpc) is 3.33. The summed E-state index contributed by atoms with van der Waals surface area (Å²) in [4.78, 5) is 28.6. The van der Waals surface area contributed by atoms with E-state index in [4.69, 9.17) is 0 Å². The fourth-order valence-corrected chi connectivity index (χ4v) is 5.09. The van der Waals surface area contributed by atoms with Crippen LogP contribution in [0.2, 0.25) is 0 Å². The zero-order valence-electron chi connectivity index (χ0n) is 16.1. The van der Waals surface area contributed by atoms with E-state index in [2.05, 4.69) is 30.9 Å². The lowest BCUT2D eigenvalue weighted by atomic mass is 10.3. The number of benzene rings is 1. The SMILES string of the molecule is CCc1nn2c(=O)cc(CSc3nnc(Nc4cccc(NC(C)=O)c4)s3)nc2s1. The molecule has 0 saturated heterocycles. The third-order valence-corrected chi connectivity index (χ3v) is 6.88. The molecule has 0 radical (unpaired) electrons. The van der Waals surface area contributed by atoms with E-state index in [-0.39, 0.29) is 11.5 Å². The van der Waals surface area contributed by atoms with Crippen LogP contribution in [0.15, 0.2) is 39.5 Å². The first-order valence-electron chi connectivity index (χ1n) is 9.00. The van der Waals surface area contributed by atoms with Gasteiger partial charge in [0.05, 0.1) is 5.69 Å². The highest BCUT2D eigenvalue weighted by Gasteiger charge is 2.11. The van der Waals surface area contributed by atoms with E-state index in [1.165, 1.54) is 51.9 Å². The molecule has 0 saturated carbocycles. The molecule has 3 aromatic heterocycles. The molecule has 9 nitrogen and oxygen atoms in total. The molecule has 0 aliphatic carbocycles. The van der Waals surface area contributed by atoms with Crippen molar-refractivity contribution in [3.05, 3.63) is 51.4 Å². The minimum atomic E-state index is -0.176. The predicted molar refractivity (Wildman–Crippen MR) is 120 cm³/mol. The van der Waals surface area contributed by atoms with Gasteiger partial charge in [-0.1, -0.05) is 47.4 Å². The summed E-state index contributed by atoms with van der Waals surface area (Å²) in [5.41, 5.74) is 2.01. The van der Waals surface area contributed by atoms with Crippen molar-refractivity contribution in [2.75, 3.05) is 10.6 Å². The molecule has 0 atom stereocenters. The van der Waals surface area contributed by atoms with Gasteiger partial charge in [-0.25, -0.2) is 4.98 Å². The fourth-order valence-electron chi connectivity index (χ4n) is 2.57. The maximum Gasteiger partial charge on any atom is 0.275 e. The molecular formula is C18H17N7O2S3. The van der Waals surface area contributed by atoms with Crippen LogP contribution in [-0.2, 0) is 17.0 Å². The number of hydrogen-bond acceptors (Lipinski definition) is 10. The summed E-state index contributed by atoms with van der Waals surface area (Å²) in [6, 6.07) is 8.86. The van der Waals surface area contributed by atoms with Crippen molar-refractivity contribution in [1.82, 2.24) is 24.8 Å². The Morgan fingerprint density at radius 3 is 2.83 bits per heavy atom. The van der Waals surface area contributed by atoms with Gasteiger partial charge in [0.15, 0.2) is 4.34 Å². The quantitative estimate of drug-likeness (QED) is 0.403. The molecule has 0 aliphatic heterocycles. The highest BCUT2D eigenvalue weighted by Crippen LogP contribution is 2.30. The van der Waals surface area contributed by atoms with Gasteiger partial charge in [0, 0.05) is 30.1 Å². The Hall–Kier alpha value is -2.83. The predicted octanol–water partition coefficient (Wildman–Crippen LogP) is 3.56. The maximum atomic E-state index is 12.2. The van der Waals surface area contributed by atoms with Crippen molar-refractivity contribution >= 4 is 61.8 Å². The lowest BCUT2D eigenvalue weighted by molar-refractivity contribution is -0.114. The van der Waals surface area contributed by atoms with Gasteiger partial charge in [-0.05, 0) is 24.6 Å². The largest absolute Gasteiger partial charge is 0.330 e. The summed E-state index contributed by atoms with van der Waals surface area (Å²) in [7, 11) is 0. The Balaban J connectivity index is 1.42. The highest BCUT2D eigenvalue weighted by atomic mass is 32.2. The highest BCUT2D eigenvalue weighted by molar-refractivity contribution is 8.00. The normalized spacial score (nSPS) is 11.0. The number of nitrogens with one attached hydrogen (secondary N) is 2. The topological polar surface area (TPSA) is 114 Å². The smallest absolute Gasteiger partial charge is 0.275 e. The number of nitrogens with zero attached hydrogens (tertiary/aromatic N) is 5. The van der Waals surface area contributed by atoms with Crippen molar-refractivity contribution in [3.63, 3.8) is 0 Å². The van der Waals surface area contributed by atoms with E-state index in [9.17, 15) is 9.59 Å². The first-order chi connectivity index (χ1) is 14.5. The number of rotatable bonds is 7. The molecular weight excluding hydrogens is 442 g/mol. The number of anilines is 3. The van der Waals surface area contributed by atoms with Crippen molar-refractivity contribution in [1.29, 1.82) is 0 Å². The van der Waals surface area contributed by atoms with Crippen LogP contribution in [0.25, 0.3) is 4.96 Å². The zero-order valence-corrected chi connectivity index (χ0v) is 18.5. The Morgan fingerprint density at radius 1 is 1.20 bits per heavy atom. The monoisotopic (exact) mass is 459 g/mol. The average molecular weight is 460 g/mol. The van der Waals surface area contributed by atoms with E-state index in [1.54, 1.807) is 0 Å². The molecule has 12 heteroatoms. The molecule has 4 aromatic rings. The van der Waals surface area contributed by atoms with Crippen LogP contribution in [0.4, 0.5) is 16.5 Å². The third-order valence-electron chi connectivity index (χ3n) is 3.83. The number of amides is 1. The molecule has 4 rings (SSSR count). The molecule has 154 valence electrons. The summed E-state index contributed by atoms with van der Waals surface area (Å²) < 4.78 is 2.11. The van der Waals surface area contributed by atoms with Crippen LogP contribution in [0.5, 0.6) is 0 Å². The molecule has 0 unspecified atom stereocenters. The third kappa shape index (κ3) is 4.83. The Labute approximate surface area is 183 Å². The number of carbonyl (C=O) groups is 1. The molecule has 0 spiro atoms. The van der Waals surface area contributed by atoms with Gasteiger partial charge in [-0.3, -0.25) is 9.59 Å². The molecule has 0 fully saturated rings. The lowest BCUT2D eigenvalue weighted by Crippen LogP contribution is -2.15.